The highest BCUT2D eigenvalue weighted by Crippen LogP contribution is 2.35. The van der Waals surface area contributed by atoms with Crippen molar-refractivity contribution in [3.63, 3.8) is 0 Å². The highest BCUT2D eigenvalue weighted by Gasteiger charge is 2.43. The van der Waals surface area contributed by atoms with Crippen LogP contribution < -0.4 is 0 Å². The van der Waals surface area contributed by atoms with Crippen LogP contribution in [0.2, 0.25) is 12.1 Å². The summed E-state index contributed by atoms with van der Waals surface area (Å²) in [6.07, 6.45) is 9.06. The monoisotopic (exact) mass is 664 g/mol. The largest absolute Gasteiger partial charge is 0.391 e. The molecule has 0 aromatic heterocycles. The van der Waals surface area contributed by atoms with Crippen molar-refractivity contribution in [2.45, 2.75) is 103 Å². The van der Waals surface area contributed by atoms with Gasteiger partial charge in [-0.05, 0) is 23.9 Å². The molecule has 0 aliphatic carbocycles. The molecule has 0 amide bonds. The third-order valence-electron chi connectivity index (χ3n) is 8.61. The number of hydrogen-bond donors (Lipinski definition) is 0. The molecule has 0 N–H and O–H groups in total. The van der Waals surface area contributed by atoms with E-state index in [4.69, 9.17) is 46.7 Å². The lowest BCUT2D eigenvalue weighted by Gasteiger charge is -2.38. The van der Waals surface area contributed by atoms with Gasteiger partial charge in [0.2, 0.25) is 0 Å². The Labute approximate surface area is 276 Å². The molecule has 2 aliphatic rings. The summed E-state index contributed by atoms with van der Waals surface area (Å²) in [5.74, 6) is 1.11. The van der Waals surface area contributed by atoms with Crippen LogP contribution in [0.1, 0.15) is 79.1 Å². The minimum atomic E-state index is -2.75. The molecular weight excluding hydrogens is 596 g/mol. The molecule has 11 heteroatoms. The van der Waals surface area contributed by atoms with E-state index < -0.39 is 8.56 Å². The van der Waals surface area contributed by atoms with Gasteiger partial charge in [-0.2, -0.15) is 0 Å². The zero-order chi connectivity index (χ0) is 32.3. The molecule has 0 radical (unpaired) electrons. The maximum absolute atomic E-state index is 7.14. The average Bonchev–Trinajstić information content (AvgIpc) is 3.04. The Kier molecular flexibility index (Phi) is 25.3. The van der Waals surface area contributed by atoms with E-state index in [9.17, 15) is 0 Å². The predicted octanol–water partition coefficient (Wildman–Crippen LogP) is 5.79. The summed E-state index contributed by atoms with van der Waals surface area (Å²) in [4.78, 5) is 0. The van der Waals surface area contributed by atoms with Crippen molar-refractivity contribution >= 4 is 8.56 Å². The van der Waals surface area contributed by atoms with Crippen molar-refractivity contribution < 1.29 is 46.7 Å². The van der Waals surface area contributed by atoms with Gasteiger partial charge in [0.1, 0.15) is 12.2 Å². The fourth-order valence-electron chi connectivity index (χ4n) is 5.76. The second kappa shape index (κ2) is 27.7. The first kappa shape index (κ1) is 41.0. The normalized spacial score (nSPS) is 25.1. The number of hydrogen-bond acceptors (Lipinski definition) is 10. The van der Waals surface area contributed by atoms with E-state index in [1.54, 1.807) is 0 Å². The van der Waals surface area contributed by atoms with Crippen molar-refractivity contribution in [2.24, 2.45) is 11.8 Å². The Hall–Kier alpha value is -0.183. The van der Waals surface area contributed by atoms with Crippen LogP contribution in [0.4, 0.5) is 0 Å². The summed E-state index contributed by atoms with van der Waals surface area (Å²) in [6.45, 7) is 17.4. The maximum Gasteiger partial charge on any atom is 0.338 e. The van der Waals surface area contributed by atoms with E-state index in [1.807, 2.05) is 0 Å². The molecule has 0 spiro atoms. The molecule has 0 bridgehead atoms. The summed E-state index contributed by atoms with van der Waals surface area (Å²) in [6, 6.07) is 1.95. The van der Waals surface area contributed by atoms with Crippen LogP contribution in [0.25, 0.3) is 0 Å². The van der Waals surface area contributed by atoms with Crippen LogP contribution in [0, 0.1) is 11.8 Å². The average molecular weight is 665 g/mol. The molecule has 4 unspecified atom stereocenters. The molecule has 268 valence electrons. The van der Waals surface area contributed by atoms with Gasteiger partial charge in [0.25, 0.3) is 0 Å². The maximum atomic E-state index is 7.14. The third kappa shape index (κ3) is 20.1. The SMILES string of the molecule is CCCCC(CC)C[Si](CC(CC)CCCC)(OCC1COCCOCCOCCO1)OCC1COCCOCCOCCO1. The zero-order valence-electron chi connectivity index (χ0n) is 29.3. The molecule has 10 nitrogen and oxygen atoms in total. The van der Waals surface area contributed by atoms with Gasteiger partial charge >= 0.3 is 8.56 Å². The van der Waals surface area contributed by atoms with E-state index in [-0.39, 0.29) is 12.2 Å². The van der Waals surface area contributed by atoms with Crippen molar-refractivity contribution in [3.05, 3.63) is 0 Å². The molecule has 2 heterocycles. The standard InChI is InChI=1S/C34H68O10Si/c1-5-9-11-31(7-3)29-45(30-32(8-4)12-10-6-2,43-27-33-25-39-19-17-35-13-15-37-21-23-41-33)44-28-34-26-40-20-18-36-14-16-38-22-24-42-34/h31-34H,5-30H2,1-4H3. The van der Waals surface area contributed by atoms with Crippen molar-refractivity contribution in [3.8, 4) is 0 Å². The van der Waals surface area contributed by atoms with Crippen LogP contribution in [-0.4, -0.2) is 126 Å². The molecule has 0 saturated carbocycles. The fourth-order valence-corrected chi connectivity index (χ4v) is 10.2. The summed E-state index contributed by atoms with van der Waals surface area (Å²) in [5, 5.41) is 0. The molecular formula is C34H68O10Si. The van der Waals surface area contributed by atoms with E-state index in [0.29, 0.717) is 118 Å². The van der Waals surface area contributed by atoms with Crippen LogP contribution in [0.15, 0.2) is 0 Å². The summed E-state index contributed by atoms with van der Waals surface area (Å²) in [5.41, 5.74) is 0. The van der Waals surface area contributed by atoms with E-state index >= 15 is 0 Å². The van der Waals surface area contributed by atoms with Gasteiger partial charge in [-0.25, -0.2) is 0 Å². The predicted molar refractivity (Wildman–Crippen MR) is 178 cm³/mol. The minimum Gasteiger partial charge on any atom is -0.391 e. The summed E-state index contributed by atoms with van der Waals surface area (Å²) >= 11 is 0. The van der Waals surface area contributed by atoms with E-state index in [2.05, 4.69) is 27.7 Å². The van der Waals surface area contributed by atoms with Gasteiger partial charge in [-0.15, -0.1) is 0 Å². The fraction of sp³-hybridized carbons (Fsp3) is 1.00. The Balaban J connectivity index is 2.27. The second-order valence-electron chi connectivity index (χ2n) is 12.4. The topological polar surface area (TPSA) is 92.3 Å². The number of ether oxygens (including phenoxy) is 8. The molecule has 45 heavy (non-hydrogen) atoms. The molecule has 2 saturated heterocycles. The van der Waals surface area contributed by atoms with Gasteiger partial charge in [0.05, 0.1) is 106 Å². The Bertz CT molecular complexity index is 582. The highest BCUT2D eigenvalue weighted by molar-refractivity contribution is 6.67. The third-order valence-corrected chi connectivity index (χ3v) is 12.4. The molecule has 0 aromatic carbocycles. The van der Waals surface area contributed by atoms with Gasteiger partial charge < -0.3 is 46.7 Å². The van der Waals surface area contributed by atoms with Crippen molar-refractivity contribution in [1.29, 1.82) is 0 Å². The molecule has 2 rings (SSSR count). The molecule has 4 atom stereocenters. The van der Waals surface area contributed by atoms with Gasteiger partial charge in [0, 0.05) is 0 Å². The quantitative estimate of drug-likeness (QED) is 0.168. The van der Waals surface area contributed by atoms with Crippen molar-refractivity contribution in [1.82, 2.24) is 0 Å². The van der Waals surface area contributed by atoms with Crippen LogP contribution in [0.3, 0.4) is 0 Å². The van der Waals surface area contributed by atoms with Gasteiger partial charge in [-0.3, -0.25) is 0 Å². The van der Waals surface area contributed by atoms with Gasteiger partial charge in [0.15, 0.2) is 0 Å². The first-order valence-corrected chi connectivity index (χ1v) is 20.3. The van der Waals surface area contributed by atoms with E-state index in [1.165, 1.54) is 38.5 Å². The second-order valence-corrected chi connectivity index (χ2v) is 15.6. The lowest BCUT2D eigenvalue weighted by atomic mass is 10.0. The highest BCUT2D eigenvalue weighted by atomic mass is 28.4. The van der Waals surface area contributed by atoms with E-state index in [0.717, 1.165) is 24.9 Å². The first-order chi connectivity index (χ1) is 22.1. The Morgan fingerprint density at radius 3 is 1.22 bits per heavy atom. The number of unbranched alkanes of at least 4 members (excludes halogenated alkanes) is 2. The Morgan fingerprint density at radius 1 is 0.511 bits per heavy atom. The zero-order valence-corrected chi connectivity index (χ0v) is 30.3. The lowest BCUT2D eigenvalue weighted by Crippen LogP contribution is -2.49. The minimum absolute atomic E-state index is 0.201. The van der Waals surface area contributed by atoms with Crippen LogP contribution in [-0.2, 0) is 46.7 Å². The first-order valence-electron chi connectivity index (χ1n) is 18.1. The summed E-state index contributed by atoms with van der Waals surface area (Å²) in [7, 11) is -2.75. The summed E-state index contributed by atoms with van der Waals surface area (Å²) < 4.78 is 61.3. The number of rotatable bonds is 18. The molecule has 2 aliphatic heterocycles. The lowest BCUT2D eigenvalue weighted by molar-refractivity contribution is -0.0891. The molecule has 2 fully saturated rings. The van der Waals surface area contributed by atoms with Crippen molar-refractivity contribution in [2.75, 3.05) is 106 Å². The van der Waals surface area contributed by atoms with Gasteiger partial charge in [-0.1, -0.05) is 79.1 Å². The Morgan fingerprint density at radius 2 is 0.867 bits per heavy atom. The van der Waals surface area contributed by atoms with Crippen LogP contribution >= 0.6 is 0 Å². The van der Waals surface area contributed by atoms with Crippen LogP contribution in [0.5, 0.6) is 0 Å². The smallest absolute Gasteiger partial charge is 0.338 e. The molecule has 0 aromatic rings.